The fourth-order valence-corrected chi connectivity index (χ4v) is 2.01. The largest absolute Gasteiger partial charge is 0.392 e. The molecule has 3 heteroatoms. The van der Waals surface area contributed by atoms with Crippen LogP contribution in [0.25, 0.3) is 0 Å². The van der Waals surface area contributed by atoms with E-state index in [2.05, 4.69) is 5.32 Å². The van der Waals surface area contributed by atoms with Crippen LogP contribution in [0.4, 0.5) is 0 Å². The van der Waals surface area contributed by atoms with E-state index in [-0.39, 0.29) is 12.5 Å². The van der Waals surface area contributed by atoms with Crippen LogP contribution in [0.3, 0.4) is 0 Å². The number of hydrogen-bond donors (Lipinski definition) is 2. The van der Waals surface area contributed by atoms with Gasteiger partial charge in [-0.3, -0.25) is 4.79 Å². The molecule has 0 atom stereocenters. The van der Waals surface area contributed by atoms with Crippen molar-refractivity contribution in [2.45, 2.75) is 26.5 Å². The first-order valence-corrected chi connectivity index (χ1v) is 6.69. The zero-order chi connectivity index (χ0) is 14.4. The van der Waals surface area contributed by atoms with E-state index in [4.69, 9.17) is 5.11 Å². The third-order valence-electron chi connectivity index (χ3n) is 3.31. The molecule has 3 nitrogen and oxygen atoms in total. The summed E-state index contributed by atoms with van der Waals surface area (Å²) >= 11 is 0. The Bertz CT molecular complexity index is 576. The van der Waals surface area contributed by atoms with Gasteiger partial charge in [0.05, 0.1) is 13.0 Å². The number of benzene rings is 2. The summed E-state index contributed by atoms with van der Waals surface area (Å²) in [6.07, 6.45) is 0.404. The van der Waals surface area contributed by atoms with Gasteiger partial charge < -0.3 is 10.4 Å². The van der Waals surface area contributed by atoms with Gasteiger partial charge in [-0.2, -0.15) is 0 Å². The molecule has 0 unspecified atom stereocenters. The van der Waals surface area contributed by atoms with Crippen molar-refractivity contribution in [1.29, 1.82) is 0 Å². The number of hydrogen-bond acceptors (Lipinski definition) is 2. The average molecular weight is 269 g/mol. The maximum Gasteiger partial charge on any atom is 0.224 e. The Hall–Kier alpha value is -2.13. The van der Waals surface area contributed by atoms with Crippen molar-refractivity contribution in [3.8, 4) is 0 Å². The lowest BCUT2D eigenvalue weighted by molar-refractivity contribution is -0.120. The van der Waals surface area contributed by atoms with Crippen molar-refractivity contribution in [1.82, 2.24) is 5.32 Å². The molecule has 0 aliphatic carbocycles. The van der Waals surface area contributed by atoms with E-state index in [0.29, 0.717) is 13.0 Å². The fourth-order valence-electron chi connectivity index (χ4n) is 2.01. The van der Waals surface area contributed by atoms with Crippen LogP contribution >= 0.6 is 0 Å². The summed E-state index contributed by atoms with van der Waals surface area (Å²) in [5.41, 5.74) is 4.09. The number of aliphatic hydroxyl groups is 1. The van der Waals surface area contributed by atoms with Gasteiger partial charge in [0.15, 0.2) is 0 Å². The number of carbonyl (C=O) groups is 1. The van der Waals surface area contributed by atoms with Gasteiger partial charge in [-0.25, -0.2) is 0 Å². The van der Waals surface area contributed by atoms with E-state index in [0.717, 1.165) is 22.3 Å². The summed E-state index contributed by atoms with van der Waals surface area (Å²) < 4.78 is 0. The van der Waals surface area contributed by atoms with Gasteiger partial charge in [-0.1, -0.05) is 48.5 Å². The predicted molar refractivity (Wildman–Crippen MR) is 79.1 cm³/mol. The van der Waals surface area contributed by atoms with E-state index in [1.54, 1.807) is 0 Å². The maximum atomic E-state index is 11.9. The fraction of sp³-hybridized carbons (Fsp3) is 0.235. The number of aliphatic hydroxyl groups excluding tert-OH is 1. The smallest absolute Gasteiger partial charge is 0.224 e. The van der Waals surface area contributed by atoms with E-state index in [9.17, 15) is 4.79 Å². The molecular weight excluding hydrogens is 250 g/mol. The molecule has 0 radical (unpaired) electrons. The third kappa shape index (κ3) is 3.93. The lowest BCUT2D eigenvalue weighted by atomic mass is 10.1. The summed E-state index contributed by atoms with van der Waals surface area (Å²) in [7, 11) is 0. The van der Waals surface area contributed by atoms with Gasteiger partial charge in [0.25, 0.3) is 0 Å². The van der Waals surface area contributed by atoms with Crippen molar-refractivity contribution >= 4 is 5.91 Å². The minimum Gasteiger partial charge on any atom is -0.392 e. The lowest BCUT2D eigenvalue weighted by Crippen LogP contribution is -2.24. The van der Waals surface area contributed by atoms with Crippen molar-refractivity contribution < 1.29 is 9.90 Å². The van der Waals surface area contributed by atoms with E-state index >= 15 is 0 Å². The van der Waals surface area contributed by atoms with Crippen LogP contribution in [0.2, 0.25) is 0 Å². The molecule has 2 N–H and O–H groups in total. The van der Waals surface area contributed by atoms with Crippen LogP contribution in [-0.2, 0) is 24.4 Å². The number of amides is 1. The molecular formula is C17H19NO2. The van der Waals surface area contributed by atoms with E-state index < -0.39 is 0 Å². The van der Waals surface area contributed by atoms with Crippen molar-refractivity contribution in [2.75, 3.05) is 0 Å². The van der Waals surface area contributed by atoms with Gasteiger partial charge in [0, 0.05) is 6.54 Å². The first kappa shape index (κ1) is 14.3. The van der Waals surface area contributed by atoms with Gasteiger partial charge >= 0.3 is 0 Å². The van der Waals surface area contributed by atoms with E-state index in [1.807, 2.05) is 55.5 Å². The van der Waals surface area contributed by atoms with Crippen molar-refractivity contribution in [3.63, 3.8) is 0 Å². The SMILES string of the molecule is Cc1ccccc1CC(=O)NCc1ccc(CO)cc1. The molecule has 0 aromatic heterocycles. The maximum absolute atomic E-state index is 11.9. The third-order valence-corrected chi connectivity index (χ3v) is 3.31. The minimum atomic E-state index is 0.0190. The Balaban J connectivity index is 1.87. The van der Waals surface area contributed by atoms with E-state index in [1.165, 1.54) is 0 Å². The second-order valence-corrected chi connectivity index (χ2v) is 4.85. The Morgan fingerprint density at radius 3 is 2.35 bits per heavy atom. The van der Waals surface area contributed by atoms with Gasteiger partial charge in [0.2, 0.25) is 5.91 Å². The van der Waals surface area contributed by atoms with Crippen LogP contribution in [0.15, 0.2) is 48.5 Å². The summed E-state index contributed by atoms with van der Waals surface area (Å²) in [6.45, 7) is 2.56. The van der Waals surface area contributed by atoms with Crippen LogP contribution in [0.5, 0.6) is 0 Å². The summed E-state index contributed by atoms with van der Waals surface area (Å²) in [5, 5.41) is 11.9. The lowest BCUT2D eigenvalue weighted by Gasteiger charge is -2.08. The molecule has 2 aromatic carbocycles. The first-order chi connectivity index (χ1) is 9.69. The Kier molecular flexibility index (Phi) is 4.91. The average Bonchev–Trinajstić information content (AvgIpc) is 2.48. The highest BCUT2D eigenvalue weighted by atomic mass is 16.3. The Morgan fingerprint density at radius 1 is 1.05 bits per heavy atom. The molecule has 0 saturated carbocycles. The standard InChI is InChI=1S/C17H19NO2/c1-13-4-2-3-5-16(13)10-17(20)18-11-14-6-8-15(12-19)9-7-14/h2-9,19H,10-12H2,1H3,(H,18,20). The van der Waals surface area contributed by atoms with Crippen LogP contribution in [0, 0.1) is 6.92 Å². The summed E-state index contributed by atoms with van der Waals surface area (Å²) in [5.74, 6) is 0.0190. The highest BCUT2D eigenvalue weighted by molar-refractivity contribution is 5.78. The second-order valence-electron chi connectivity index (χ2n) is 4.85. The topological polar surface area (TPSA) is 49.3 Å². The first-order valence-electron chi connectivity index (χ1n) is 6.69. The van der Waals surface area contributed by atoms with Crippen molar-refractivity contribution in [3.05, 3.63) is 70.8 Å². The Morgan fingerprint density at radius 2 is 1.70 bits per heavy atom. The van der Waals surface area contributed by atoms with Gasteiger partial charge in [-0.15, -0.1) is 0 Å². The monoisotopic (exact) mass is 269 g/mol. The number of rotatable bonds is 5. The predicted octanol–water partition coefficient (Wildman–Crippen LogP) is 2.35. The molecule has 0 aliphatic rings. The molecule has 0 aliphatic heterocycles. The molecule has 0 saturated heterocycles. The summed E-state index contributed by atoms with van der Waals surface area (Å²) in [4.78, 5) is 11.9. The molecule has 0 fully saturated rings. The Labute approximate surface area is 119 Å². The number of aryl methyl sites for hydroxylation is 1. The molecule has 0 heterocycles. The quantitative estimate of drug-likeness (QED) is 0.875. The minimum absolute atomic E-state index is 0.0190. The zero-order valence-corrected chi connectivity index (χ0v) is 11.6. The highest BCUT2D eigenvalue weighted by Gasteiger charge is 2.05. The van der Waals surface area contributed by atoms with Crippen molar-refractivity contribution in [2.24, 2.45) is 0 Å². The van der Waals surface area contributed by atoms with Gasteiger partial charge in [-0.05, 0) is 29.2 Å². The van der Waals surface area contributed by atoms with Gasteiger partial charge in [0.1, 0.15) is 0 Å². The number of nitrogens with one attached hydrogen (secondary N) is 1. The zero-order valence-electron chi connectivity index (χ0n) is 11.6. The van der Waals surface area contributed by atoms with Crippen LogP contribution in [-0.4, -0.2) is 11.0 Å². The molecule has 104 valence electrons. The summed E-state index contributed by atoms with van der Waals surface area (Å²) in [6, 6.07) is 15.5. The molecule has 0 bridgehead atoms. The second kappa shape index (κ2) is 6.87. The number of carbonyl (C=O) groups excluding carboxylic acids is 1. The van der Waals surface area contributed by atoms with Crippen LogP contribution < -0.4 is 5.32 Å². The molecule has 20 heavy (non-hydrogen) atoms. The molecule has 0 spiro atoms. The highest BCUT2D eigenvalue weighted by Crippen LogP contribution is 2.08. The molecule has 2 aromatic rings. The van der Waals surface area contributed by atoms with Crippen LogP contribution in [0.1, 0.15) is 22.3 Å². The normalized spacial score (nSPS) is 10.3. The molecule has 2 rings (SSSR count). The molecule has 1 amide bonds.